The van der Waals surface area contributed by atoms with Gasteiger partial charge in [0.15, 0.2) is 0 Å². The molecule has 0 radical (unpaired) electrons. The van der Waals surface area contributed by atoms with Crippen LogP contribution in [0.4, 0.5) is 17.1 Å². The van der Waals surface area contributed by atoms with Crippen molar-refractivity contribution >= 4 is 28.7 Å². The summed E-state index contributed by atoms with van der Waals surface area (Å²) in [6, 6.07) is 7.64. The first kappa shape index (κ1) is 13.0. The third-order valence-corrected chi connectivity index (χ3v) is 3.28. The molecule has 7 heteroatoms. The number of carbonyl (C=O) groups excluding carboxylic acids is 1. The molecule has 0 atom stereocenters. The number of non-ortho nitro benzene ring substituents is 1. The van der Waals surface area contributed by atoms with E-state index in [1.54, 1.807) is 19.2 Å². The number of nitrogens with zero attached hydrogens (tertiary/aromatic N) is 3. The SMILES string of the molecule is CN1C(=O)CC(c2ccco2)=Nc2cc([N+](=O)[O-])ccc21. The smallest absolute Gasteiger partial charge is 0.271 e. The number of fused-ring (bicyclic) bond motifs is 1. The molecule has 0 saturated heterocycles. The predicted octanol–water partition coefficient (Wildman–Crippen LogP) is 2.68. The van der Waals surface area contributed by atoms with Gasteiger partial charge in [-0.1, -0.05) is 0 Å². The van der Waals surface area contributed by atoms with Crippen LogP contribution < -0.4 is 4.90 Å². The second kappa shape index (κ2) is 4.86. The van der Waals surface area contributed by atoms with Crippen molar-refractivity contribution in [2.75, 3.05) is 11.9 Å². The number of carbonyl (C=O) groups is 1. The van der Waals surface area contributed by atoms with Gasteiger partial charge < -0.3 is 9.32 Å². The molecule has 21 heavy (non-hydrogen) atoms. The van der Waals surface area contributed by atoms with Crippen LogP contribution in [0.25, 0.3) is 0 Å². The van der Waals surface area contributed by atoms with E-state index >= 15 is 0 Å². The summed E-state index contributed by atoms with van der Waals surface area (Å²) in [6.07, 6.45) is 1.57. The van der Waals surface area contributed by atoms with E-state index in [4.69, 9.17) is 4.42 Å². The minimum Gasteiger partial charge on any atom is -0.463 e. The van der Waals surface area contributed by atoms with Crippen molar-refractivity contribution in [1.29, 1.82) is 0 Å². The molecule has 1 aliphatic heterocycles. The number of hydrogen-bond acceptors (Lipinski definition) is 5. The lowest BCUT2D eigenvalue weighted by atomic mass is 10.2. The van der Waals surface area contributed by atoms with Crippen molar-refractivity contribution in [3.8, 4) is 0 Å². The van der Waals surface area contributed by atoms with Gasteiger partial charge in [0.2, 0.25) is 5.91 Å². The quantitative estimate of drug-likeness (QED) is 0.626. The Labute approximate surface area is 119 Å². The van der Waals surface area contributed by atoms with E-state index in [0.717, 1.165) is 0 Å². The van der Waals surface area contributed by atoms with Gasteiger partial charge in [0.25, 0.3) is 5.69 Å². The normalized spacial score (nSPS) is 14.4. The molecule has 0 saturated carbocycles. The molecule has 0 N–H and O–H groups in total. The summed E-state index contributed by atoms with van der Waals surface area (Å²) in [6.45, 7) is 0. The number of nitro groups is 1. The predicted molar refractivity (Wildman–Crippen MR) is 76.0 cm³/mol. The summed E-state index contributed by atoms with van der Waals surface area (Å²) >= 11 is 0. The van der Waals surface area contributed by atoms with Crippen LogP contribution in [-0.4, -0.2) is 23.6 Å². The van der Waals surface area contributed by atoms with Crippen molar-refractivity contribution in [3.05, 3.63) is 52.5 Å². The Balaban J connectivity index is 2.17. The molecule has 106 valence electrons. The topological polar surface area (TPSA) is 89.0 Å². The zero-order chi connectivity index (χ0) is 15.0. The van der Waals surface area contributed by atoms with Gasteiger partial charge in [-0.05, 0) is 18.2 Å². The molecule has 7 nitrogen and oxygen atoms in total. The highest BCUT2D eigenvalue weighted by Crippen LogP contribution is 2.35. The number of hydrogen-bond donors (Lipinski definition) is 0. The molecule has 2 heterocycles. The monoisotopic (exact) mass is 285 g/mol. The second-order valence-electron chi connectivity index (χ2n) is 4.60. The standard InChI is InChI=1S/C14H11N3O4/c1-16-12-5-4-9(17(19)20)7-10(12)15-11(8-14(16)18)13-3-2-6-21-13/h2-7H,8H2,1H3. The number of nitro benzene ring substituents is 1. The lowest BCUT2D eigenvalue weighted by Crippen LogP contribution is -2.26. The molecule has 0 unspecified atom stereocenters. The van der Waals surface area contributed by atoms with Crippen molar-refractivity contribution < 1.29 is 14.1 Å². The van der Waals surface area contributed by atoms with Gasteiger partial charge in [-0.25, -0.2) is 4.99 Å². The lowest BCUT2D eigenvalue weighted by Gasteiger charge is -2.15. The molecule has 0 fully saturated rings. The fraction of sp³-hybridized carbons (Fsp3) is 0.143. The summed E-state index contributed by atoms with van der Waals surface area (Å²) in [5, 5.41) is 10.9. The highest BCUT2D eigenvalue weighted by Gasteiger charge is 2.24. The van der Waals surface area contributed by atoms with Crippen molar-refractivity contribution in [3.63, 3.8) is 0 Å². The van der Waals surface area contributed by atoms with E-state index in [1.165, 1.54) is 29.4 Å². The number of aliphatic imine (C=N–C) groups is 1. The average molecular weight is 285 g/mol. The molecular weight excluding hydrogens is 274 g/mol. The van der Waals surface area contributed by atoms with Gasteiger partial charge in [-0.2, -0.15) is 0 Å². The van der Waals surface area contributed by atoms with Gasteiger partial charge >= 0.3 is 0 Å². The molecule has 0 spiro atoms. The third-order valence-electron chi connectivity index (χ3n) is 3.28. The number of benzene rings is 1. The van der Waals surface area contributed by atoms with Gasteiger partial charge in [0.1, 0.15) is 5.76 Å². The summed E-state index contributed by atoms with van der Waals surface area (Å²) < 4.78 is 5.27. The van der Waals surface area contributed by atoms with Crippen LogP contribution in [0.15, 0.2) is 46.0 Å². The Kier molecular flexibility index (Phi) is 3.02. The zero-order valence-corrected chi connectivity index (χ0v) is 11.1. The maximum absolute atomic E-state index is 12.2. The van der Waals surface area contributed by atoms with E-state index in [9.17, 15) is 14.9 Å². The first-order chi connectivity index (χ1) is 10.1. The van der Waals surface area contributed by atoms with Crippen LogP contribution >= 0.6 is 0 Å². The number of anilines is 1. The summed E-state index contributed by atoms with van der Waals surface area (Å²) in [4.78, 5) is 28.4. The Hall–Kier alpha value is -2.96. The largest absolute Gasteiger partial charge is 0.463 e. The van der Waals surface area contributed by atoms with Crippen molar-refractivity contribution in [1.82, 2.24) is 0 Å². The Morgan fingerprint density at radius 2 is 2.19 bits per heavy atom. The Morgan fingerprint density at radius 3 is 2.86 bits per heavy atom. The third kappa shape index (κ3) is 2.29. The summed E-state index contributed by atoms with van der Waals surface area (Å²) in [5.74, 6) is 0.328. The molecular formula is C14H11N3O4. The molecule has 3 rings (SSSR count). The number of furan rings is 1. The molecule has 1 aromatic heterocycles. The second-order valence-corrected chi connectivity index (χ2v) is 4.60. The fourth-order valence-corrected chi connectivity index (χ4v) is 2.16. The highest BCUT2D eigenvalue weighted by atomic mass is 16.6. The summed E-state index contributed by atoms with van der Waals surface area (Å²) in [5.41, 5.74) is 1.30. The van der Waals surface area contributed by atoms with Crippen LogP contribution in [0.1, 0.15) is 12.2 Å². The summed E-state index contributed by atoms with van der Waals surface area (Å²) in [7, 11) is 1.62. The van der Waals surface area contributed by atoms with Crippen LogP contribution in [-0.2, 0) is 4.79 Å². The maximum atomic E-state index is 12.2. The van der Waals surface area contributed by atoms with Gasteiger partial charge in [-0.15, -0.1) is 0 Å². The van der Waals surface area contributed by atoms with Crippen LogP contribution in [0.2, 0.25) is 0 Å². The first-order valence-electron chi connectivity index (χ1n) is 6.22. The van der Waals surface area contributed by atoms with E-state index in [0.29, 0.717) is 22.8 Å². The molecule has 2 aromatic rings. The van der Waals surface area contributed by atoms with Crippen molar-refractivity contribution in [2.24, 2.45) is 4.99 Å². The molecule has 1 amide bonds. The number of rotatable bonds is 2. The highest BCUT2D eigenvalue weighted by molar-refractivity contribution is 6.16. The van der Waals surface area contributed by atoms with E-state index < -0.39 is 4.92 Å². The van der Waals surface area contributed by atoms with Crippen molar-refractivity contribution in [2.45, 2.75) is 6.42 Å². The Morgan fingerprint density at radius 1 is 1.38 bits per heavy atom. The minimum atomic E-state index is -0.491. The molecule has 1 aromatic carbocycles. The van der Waals surface area contributed by atoms with E-state index in [-0.39, 0.29) is 18.0 Å². The van der Waals surface area contributed by atoms with E-state index in [1.807, 2.05) is 0 Å². The molecule has 0 bridgehead atoms. The van der Waals surface area contributed by atoms with Gasteiger partial charge in [0, 0.05) is 19.2 Å². The van der Waals surface area contributed by atoms with Crippen LogP contribution in [0.5, 0.6) is 0 Å². The lowest BCUT2D eigenvalue weighted by molar-refractivity contribution is -0.384. The van der Waals surface area contributed by atoms with Crippen LogP contribution in [0, 0.1) is 10.1 Å². The minimum absolute atomic E-state index is 0.0703. The van der Waals surface area contributed by atoms with Gasteiger partial charge in [-0.3, -0.25) is 14.9 Å². The fourth-order valence-electron chi connectivity index (χ4n) is 2.16. The zero-order valence-electron chi connectivity index (χ0n) is 11.1. The van der Waals surface area contributed by atoms with Crippen LogP contribution in [0.3, 0.4) is 0 Å². The maximum Gasteiger partial charge on any atom is 0.271 e. The molecule has 1 aliphatic rings. The Bertz CT molecular complexity index is 750. The average Bonchev–Trinajstić information content (AvgIpc) is 2.95. The van der Waals surface area contributed by atoms with E-state index in [2.05, 4.69) is 4.99 Å². The first-order valence-corrected chi connectivity index (χ1v) is 6.22. The van der Waals surface area contributed by atoms with Gasteiger partial charge in [0.05, 0.1) is 34.7 Å². The number of amides is 1. The molecule has 0 aliphatic carbocycles.